The van der Waals surface area contributed by atoms with Crippen molar-refractivity contribution < 1.29 is 9.90 Å². The molecule has 1 aliphatic heterocycles. The fourth-order valence-electron chi connectivity index (χ4n) is 2.14. The monoisotopic (exact) mass is 200 g/mol. The molecule has 0 aliphatic carbocycles. The standard InChI is InChI=1S/C10H20N2O2/c1-7(10(13)14)8(2)12-5-3-4-9(12)6-11/h7-9H,3-6,11H2,1-2H3,(H,13,14). The lowest BCUT2D eigenvalue weighted by molar-refractivity contribution is -0.143. The zero-order valence-corrected chi connectivity index (χ0v) is 8.94. The molecule has 0 saturated carbocycles. The fraction of sp³-hybridized carbons (Fsp3) is 0.900. The second-order valence-corrected chi connectivity index (χ2v) is 4.14. The summed E-state index contributed by atoms with van der Waals surface area (Å²) in [4.78, 5) is 13.1. The average molecular weight is 200 g/mol. The average Bonchev–Trinajstić information content (AvgIpc) is 2.62. The molecular weight excluding hydrogens is 180 g/mol. The zero-order chi connectivity index (χ0) is 10.7. The first kappa shape index (κ1) is 11.5. The minimum atomic E-state index is -0.722. The molecule has 0 aromatic rings. The van der Waals surface area contributed by atoms with Gasteiger partial charge in [-0.15, -0.1) is 0 Å². The van der Waals surface area contributed by atoms with Crippen molar-refractivity contribution in [2.24, 2.45) is 11.7 Å². The van der Waals surface area contributed by atoms with Gasteiger partial charge in [-0.2, -0.15) is 0 Å². The van der Waals surface area contributed by atoms with E-state index in [1.54, 1.807) is 6.92 Å². The molecule has 0 spiro atoms. The first-order valence-electron chi connectivity index (χ1n) is 5.26. The lowest BCUT2D eigenvalue weighted by atomic mass is 10.0. The number of nitrogens with two attached hydrogens (primary N) is 1. The second-order valence-electron chi connectivity index (χ2n) is 4.14. The van der Waals surface area contributed by atoms with Crippen LogP contribution >= 0.6 is 0 Å². The number of carbonyl (C=O) groups is 1. The van der Waals surface area contributed by atoms with Crippen molar-refractivity contribution >= 4 is 5.97 Å². The number of aliphatic carboxylic acids is 1. The Morgan fingerprint density at radius 3 is 2.79 bits per heavy atom. The van der Waals surface area contributed by atoms with Crippen LogP contribution in [0.3, 0.4) is 0 Å². The molecule has 1 fully saturated rings. The van der Waals surface area contributed by atoms with E-state index in [0.29, 0.717) is 12.6 Å². The molecule has 1 rings (SSSR count). The highest BCUT2D eigenvalue weighted by Gasteiger charge is 2.32. The first-order chi connectivity index (χ1) is 6.57. The summed E-state index contributed by atoms with van der Waals surface area (Å²) < 4.78 is 0. The van der Waals surface area contributed by atoms with Crippen LogP contribution in [0.1, 0.15) is 26.7 Å². The van der Waals surface area contributed by atoms with Gasteiger partial charge in [0.15, 0.2) is 0 Å². The second kappa shape index (κ2) is 4.75. The quantitative estimate of drug-likeness (QED) is 0.694. The van der Waals surface area contributed by atoms with E-state index in [0.717, 1.165) is 19.4 Å². The minimum absolute atomic E-state index is 0.0866. The van der Waals surface area contributed by atoms with E-state index in [9.17, 15) is 4.79 Å². The molecule has 3 atom stereocenters. The van der Waals surface area contributed by atoms with Gasteiger partial charge >= 0.3 is 5.97 Å². The summed E-state index contributed by atoms with van der Waals surface area (Å²) >= 11 is 0. The van der Waals surface area contributed by atoms with Crippen LogP contribution in [0.25, 0.3) is 0 Å². The highest BCUT2D eigenvalue weighted by atomic mass is 16.4. The van der Waals surface area contributed by atoms with Crippen LogP contribution in [-0.2, 0) is 4.79 Å². The van der Waals surface area contributed by atoms with E-state index in [-0.39, 0.29) is 12.0 Å². The SMILES string of the molecule is CC(C(=O)O)C(C)N1CCCC1CN. The molecule has 0 bridgehead atoms. The van der Waals surface area contributed by atoms with Crippen molar-refractivity contribution in [3.63, 3.8) is 0 Å². The fourth-order valence-corrected chi connectivity index (χ4v) is 2.14. The van der Waals surface area contributed by atoms with Crippen molar-refractivity contribution in [2.45, 2.75) is 38.8 Å². The van der Waals surface area contributed by atoms with Gasteiger partial charge in [0.1, 0.15) is 0 Å². The Labute approximate surface area is 85.1 Å². The maximum Gasteiger partial charge on any atom is 0.307 e. The molecule has 3 N–H and O–H groups in total. The predicted octanol–water partition coefficient (Wildman–Crippen LogP) is 0.519. The number of rotatable bonds is 4. The summed E-state index contributed by atoms with van der Waals surface area (Å²) in [6, 6.07) is 0.468. The normalized spacial score (nSPS) is 27.5. The third-order valence-corrected chi connectivity index (χ3v) is 3.33. The number of nitrogens with zero attached hydrogens (tertiary/aromatic N) is 1. The first-order valence-corrected chi connectivity index (χ1v) is 5.26. The maximum atomic E-state index is 10.8. The van der Waals surface area contributed by atoms with Gasteiger partial charge in [0, 0.05) is 18.6 Å². The van der Waals surface area contributed by atoms with Crippen LogP contribution in [-0.4, -0.2) is 41.1 Å². The Kier molecular flexibility index (Phi) is 3.89. The number of hydrogen-bond donors (Lipinski definition) is 2. The van der Waals surface area contributed by atoms with E-state index in [2.05, 4.69) is 4.90 Å². The zero-order valence-electron chi connectivity index (χ0n) is 8.94. The smallest absolute Gasteiger partial charge is 0.307 e. The molecule has 1 saturated heterocycles. The third-order valence-electron chi connectivity index (χ3n) is 3.33. The van der Waals surface area contributed by atoms with Crippen molar-refractivity contribution in [1.82, 2.24) is 4.90 Å². The van der Waals surface area contributed by atoms with Crippen molar-refractivity contribution in [3.8, 4) is 0 Å². The summed E-state index contributed by atoms with van der Waals surface area (Å²) in [7, 11) is 0. The van der Waals surface area contributed by atoms with Crippen LogP contribution in [0, 0.1) is 5.92 Å². The Morgan fingerprint density at radius 2 is 2.29 bits per heavy atom. The maximum absolute atomic E-state index is 10.8. The molecule has 0 aromatic heterocycles. The third kappa shape index (κ3) is 2.25. The number of likely N-dealkylation sites (tertiary alicyclic amines) is 1. The summed E-state index contributed by atoms with van der Waals surface area (Å²) in [5.74, 6) is -1.04. The summed E-state index contributed by atoms with van der Waals surface area (Å²) in [5.41, 5.74) is 5.65. The van der Waals surface area contributed by atoms with E-state index in [1.165, 1.54) is 0 Å². The van der Waals surface area contributed by atoms with Crippen LogP contribution < -0.4 is 5.73 Å². The highest BCUT2D eigenvalue weighted by molar-refractivity contribution is 5.70. The van der Waals surface area contributed by atoms with Gasteiger partial charge in [-0.25, -0.2) is 0 Å². The molecule has 4 nitrogen and oxygen atoms in total. The Hall–Kier alpha value is -0.610. The summed E-state index contributed by atoms with van der Waals surface area (Å²) in [6.45, 7) is 5.36. The lowest BCUT2D eigenvalue weighted by Crippen LogP contribution is -2.45. The van der Waals surface area contributed by atoms with E-state index in [1.807, 2.05) is 6.92 Å². The molecule has 82 valence electrons. The molecule has 0 radical (unpaired) electrons. The number of carboxylic acids is 1. The van der Waals surface area contributed by atoms with Gasteiger partial charge in [0.25, 0.3) is 0 Å². The van der Waals surface area contributed by atoms with Gasteiger partial charge in [-0.05, 0) is 26.3 Å². The summed E-state index contributed by atoms with van der Waals surface area (Å²) in [5, 5.41) is 8.91. The van der Waals surface area contributed by atoms with Gasteiger partial charge < -0.3 is 10.8 Å². The highest BCUT2D eigenvalue weighted by Crippen LogP contribution is 2.22. The van der Waals surface area contributed by atoms with Crippen LogP contribution in [0.2, 0.25) is 0 Å². The van der Waals surface area contributed by atoms with Crippen molar-refractivity contribution in [1.29, 1.82) is 0 Å². The van der Waals surface area contributed by atoms with E-state index >= 15 is 0 Å². The Morgan fingerprint density at radius 1 is 1.64 bits per heavy atom. The van der Waals surface area contributed by atoms with Crippen molar-refractivity contribution in [2.75, 3.05) is 13.1 Å². The molecule has 14 heavy (non-hydrogen) atoms. The largest absolute Gasteiger partial charge is 0.481 e. The van der Waals surface area contributed by atoms with Crippen LogP contribution in [0.4, 0.5) is 0 Å². The number of carboxylic acid groups (broad SMARTS) is 1. The molecule has 0 amide bonds. The van der Waals surface area contributed by atoms with E-state index < -0.39 is 5.97 Å². The molecule has 1 aliphatic rings. The number of hydrogen-bond acceptors (Lipinski definition) is 3. The Bertz CT molecular complexity index is 208. The van der Waals surface area contributed by atoms with Gasteiger partial charge in [0.05, 0.1) is 5.92 Å². The van der Waals surface area contributed by atoms with Gasteiger partial charge in [-0.3, -0.25) is 9.69 Å². The molecule has 0 aromatic carbocycles. The molecule has 1 heterocycles. The van der Waals surface area contributed by atoms with Gasteiger partial charge in [0.2, 0.25) is 0 Å². The summed E-state index contributed by atoms with van der Waals surface area (Å²) in [6.07, 6.45) is 2.24. The molecule has 4 heteroatoms. The topological polar surface area (TPSA) is 66.6 Å². The van der Waals surface area contributed by atoms with Crippen LogP contribution in [0.15, 0.2) is 0 Å². The van der Waals surface area contributed by atoms with Gasteiger partial charge in [-0.1, -0.05) is 6.92 Å². The predicted molar refractivity (Wildman–Crippen MR) is 55.0 cm³/mol. The van der Waals surface area contributed by atoms with Crippen molar-refractivity contribution in [3.05, 3.63) is 0 Å². The molecular formula is C10H20N2O2. The van der Waals surface area contributed by atoms with E-state index in [4.69, 9.17) is 10.8 Å². The lowest BCUT2D eigenvalue weighted by Gasteiger charge is -2.32. The van der Waals surface area contributed by atoms with Crippen LogP contribution in [0.5, 0.6) is 0 Å². The minimum Gasteiger partial charge on any atom is -0.481 e. The molecule has 3 unspecified atom stereocenters. The Balaban J connectivity index is 2.58.